The van der Waals surface area contributed by atoms with Crippen molar-refractivity contribution in [3.05, 3.63) is 64.7 Å². The molecule has 106 valence electrons. The first-order valence-electron chi connectivity index (χ1n) is 7.09. The van der Waals surface area contributed by atoms with Gasteiger partial charge < -0.3 is 10.4 Å². The highest BCUT2D eigenvalue weighted by atomic mass is 16.3. The molecule has 2 aromatic carbocycles. The molecule has 2 N–H and O–H groups in total. The molecule has 0 radical (unpaired) electrons. The molecule has 0 saturated carbocycles. The third kappa shape index (κ3) is 3.40. The molecular weight excluding hydrogens is 246 g/mol. The summed E-state index contributed by atoms with van der Waals surface area (Å²) in [5.41, 5.74) is 5.02. The van der Waals surface area contributed by atoms with Crippen molar-refractivity contribution in [2.75, 3.05) is 0 Å². The molecule has 2 nitrogen and oxygen atoms in total. The highest BCUT2D eigenvalue weighted by Crippen LogP contribution is 2.24. The van der Waals surface area contributed by atoms with Crippen LogP contribution < -0.4 is 5.32 Å². The normalized spacial score (nSPS) is 14.0. The molecule has 0 aliphatic carbocycles. The summed E-state index contributed by atoms with van der Waals surface area (Å²) < 4.78 is 0. The van der Waals surface area contributed by atoms with Crippen LogP contribution in [0.5, 0.6) is 5.75 Å². The number of benzene rings is 2. The molecule has 2 atom stereocenters. The number of phenolic OH excluding ortho intramolecular Hbond substituents is 1. The average Bonchev–Trinajstić information content (AvgIpc) is 2.41. The second kappa shape index (κ2) is 6.10. The standard InChI is InChI=1S/C18H23NO/c1-12-8-9-13(2)18(10-12)15(4)19-14(3)16-6-5-7-17(20)11-16/h5-11,14-15,19-20H,1-4H3. The van der Waals surface area contributed by atoms with E-state index in [4.69, 9.17) is 0 Å². The summed E-state index contributed by atoms with van der Waals surface area (Å²) in [4.78, 5) is 0. The maximum absolute atomic E-state index is 9.57. The third-order valence-corrected chi connectivity index (χ3v) is 3.77. The molecule has 20 heavy (non-hydrogen) atoms. The molecule has 0 fully saturated rings. The van der Waals surface area contributed by atoms with Crippen LogP contribution in [0.4, 0.5) is 0 Å². The van der Waals surface area contributed by atoms with Gasteiger partial charge in [0.25, 0.3) is 0 Å². The third-order valence-electron chi connectivity index (χ3n) is 3.77. The number of hydrogen-bond acceptors (Lipinski definition) is 2. The van der Waals surface area contributed by atoms with Gasteiger partial charge in [0.15, 0.2) is 0 Å². The predicted octanol–water partition coefficient (Wildman–Crippen LogP) is 4.42. The number of nitrogens with one attached hydrogen (secondary N) is 1. The van der Waals surface area contributed by atoms with Crippen LogP contribution in [0.1, 0.15) is 48.2 Å². The summed E-state index contributed by atoms with van der Waals surface area (Å²) in [5, 5.41) is 13.2. The smallest absolute Gasteiger partial charge is 0.115 e. The van der Waals surface area contributed by atoms with Gasteiger partial charge in [0.05, 0.1) is 0 Å². The zero-order valence-electron chi connectivity index (χ0n) is 12.6. The average molecular weight is 269 g/mol. The first kappa shape index (κ1) is 14.6. The van der Waals surface area contributed by atoms with Gasteiger partial charge in [-0.2, -0.15) is 0 Å². The summed E-state index contributed by atoms with van der Waals surface area (Å²) in [5.74, 6) is 0.315. The first-order chi connectivity index (χ1) is 9.47. The molecule has 0 amide bonds. The van der Waals surface area contributed by atoms with Gasteiger partial charge in [-0.05, 0) is 56.5 Å². The topological polar surface area (TPSA) is 32.3 Å². The van der Waals surface area contributed by atoms with E-state index >= 15 is 0 Å². The summed E-state index contributed by atoms with van der Waals surface area (Å²) in [7, 11) is 0. The minimum absolute atomic E-state index is 0.192. The zero-order chi connectivity index (χ0) is 14.7. The molecule has 0 aromatic heterocycles. The van der Waals surface area contributed by atoms with Crippen LogP contribution in [-0.2, 0) is 0 Å². The van der Waals surface area contributed by atoms with Gasteiger partial charge in [-0.3, -0.25) is 0 Å². The van der Waals surface area contributed by atoms with E-state index in [1.807, 2.05) is 18.2 Å². The SMILES string of the molecule is Cc1ccc(C)c(C(C)NC(C)c2cccc(O)c2)c1. The van der Waals surface area contributed by atoms with E-state index in [1.54, 1.807) is 6.07 Å². The highest BCUT2D eigenvalue weighted by Gasteiger charge is 2.13. The van der Waals surface area contributed by atoms with Crippen molar-refractivity contribution >= 4 is 0 Å². The lowest BCUT2D eigenvalue weighted by molar-refractivity contribution is 0.466. The summed E-state index contributed by atoms with van der Waals surface area (Å²) >= 11 is 0. The Hall–Kier alpha value is -1.80. The van der Waals surface area contributed by atoms with Crippen LogP contribution in [0, 0.1) is 13.8 Å². The number of hydrogen-bond donors (Lipinski definition) is 2. The van der Waals surface area contributed by atoms with E-state index in [0.29, 0.717) is 5.75 Å². The van der Waals surface area contributed by atoms with Crippen molar-refractivity contribution in [3.8, 4) is 5.75 Å². The fourth-order valence-electron chi connectivity index (χ4n) is 2.58. The van der Waals surface area contributed by atoms with E-state index in [1.165, 1.54) is 16.7 Å². The van der Waals surface area contributed by atoms with Crippen LogP contribution in [0.3, 0.4) is 0 Å². The number of rotatable bonds is 4. The Kier molecular flexibility index (Phi) is 4.46. The second-order valence-corrected chi connectivity index (χ2v) is 5.57. The number of aromatic hydroxyl groups is 1. The van der Waals surface area contributed by atoms with Crippen molar-refractivity contribution in [3.63, 3.8) is 0 Å². The maximum Gasteiger partial charge on any atom is 0.115 e. The van der Waals surface area contributed by atoms with Crippen LogP contribution in [0.2, 0.25) is 0 Å². The van der Waals surface area contributed by atoms with Crippen molar-refractivity contribution < 1.29 is 5.11 Å². The zero-order valence-corrected chi connectivity index (χ0v) is 12.6. The fourth-order valence-corrected chi connectivity index (χ4v) is 2.58. The molecule has 2 unspecified atom stereocenters. The first-order valence-corrected chi connectivity index (χ1v) is 7.09. The van der Waals surface area contributed by atoms with Gasteiger partial charge in [-0.25, -0.2) is 0 Å². The minimum Gasteiger partial charge on any atom is -0.508 e. The van der Waals surface area contributed by atoms with E-state index in [0.717, 1.165) is 5.56 Å². The Morgan fingerprint density at radius 1 is 0.950 bits per heavy atom. The fraction of sp³-hybridized carbons (Fsp3) is 0.333. The van der Waals surface area contributed by atoms with Gasteiger partial charge in [0.2, 0.25) is 0 Å². The van der Waals surface area contributed by atoms with Gasteiger partial charge >= 0.3 is 0 Å². The van der Waals surface area contributed by atoms with Crippen molar-refractivity contribution in [1.29, 1.82) is 0 Å². The molecule has 2 rings (SSSR count). The van der Waals surface area contributed by atoms with Gasteiger partial charge in [0.1, 0.15) is 5.75 Å². The quantitative estimate of drug-likeness (QED) is 0.861. The molecule has 0 bridgehead atoms. The highest BCUT2D eigenvalue weighted by molar-refractivity contribution is 5.33. The van der Waals surface area contributed by atoms with Crippen molar-refractivity contribution in [2.45, 2.75) is 39.8 Å². The Labute approximate surface area is 121 Å². The van der Waals surface area contributed by atoms with Crippen LogP contribution in [0.25, 0.3) is 0 Å². The Bertz CT molecular complexity index is 592. The summed E-state index contributed by atoms with van der Waals surface area (Å²) in [6.45, 7) is 8.57. The van der Waals surface area contributed by atoms with Gasteiger partial charge in [-0.1, -0.05) is 35.9 Å². The molecular formula is C18H23NO. The Morgan fingerprint density at radius 2 is 1.70 bits per heavy atom. The summed E-state index contributed by atoms with van der Waals surface area (Å²) in [6.07, 6.45) is 0. The number of phenols is 1. The van der Waals surface area contributed by atoms with E-state index in [9.17, 15) is 5.11 Å². The lowest BCUT2D eigenvalue weighted by Gasteiger charge is -2.22. The largest absolute Gasteiger partial charge is 0.508 e. The van der Waals surface area contributed by atoms with E-state index in [2.05, 4.69) is 51.2 Å². The minimum atomic E-state index is 0.192. The Balaban J connectivity index is 2.15. The lowest BCUT2D eigenvalue weighted by Crippen LogP contribution is -2.23. The predicted molar refractivity (Wildman–Crippen MR) is 84.0 cm³/mol. The van der Waals surface area contributed by atoms with E-state index in [-0.39, 0.29) is 12.1 Å². The van der Waals surface area contributed by atoms with Crippen LogP contribution >= 0.6 is 0 Å². The molecule has 2 aromatic rings. The van der Waals surface area contributed by atoms with Gasteiger partial charge in [-0.15, -0.1) is 0 Å². The molecule has 2 heteroatoms. The lowest BCUT2D eigenvalue weighted by atomic mass is 9.98. The Morgan fingerprint density at radius 3 is 2.40 bits per heavy atom. The molecule has 0 heterocycles. The molecule has 0 aliphatic rings. The van der Waals surface area contributed by atoms with E-state index < -0.39 is 0 Å². The second-order valence-electron chi connectivity index (χ2n) is 5.57. The maximum atomic E-state index is 9.57. The van der Waals surface area contributed by atoms with Crippen molar-refractivity contribution in [1.82, 2.24) is 5.32 Å². The molecule has 0 saturated heterocycles. The van der Waals surface area contributed by atoms with Gasteiger partial charge in [0, 0.05) is 12.1 Å². The number of aryl methyl sites for hydroxylation is 2. The molecule has 0 aliphatic heterocycles. The monoisotopic (exact) mass is 269 g/mol. The molecule has 0 spiro atoms. The van der Waals surface area contributed by atoms with Crippen molar-refractivity contribution in [2.24, 2.45) is 0 Å². The summed E-state index contributed by atoms with van der Waals surface area (Å²) in [6, 6.07) is 14.4. The van der Waals surface area contributed by atoms with Crippen LogP contribution in [0.15, 0.2) is 42.5 Å². The van der Waals surface area contributed by atoms with Crippen LogP contribution in [-0.4, -0.2) is 5.11 Å².